The average Bonchev–Trinajstić information content (AvgIpc) is 3.44. The monoisotopic (exact) mass is 490 g/mol. The van der Waals surface area contributed by atoms with E-state index >= 15 is 0 Å². The molecule has 0 radical (unpaired) electrons. The molecule has 0 spiro atoms. The van der Waals surface area contributed by atoms with Crippen LogP contribution >= 0.6 is 0 Å². The third kappa shape index (κ3) is 5.97. The van der Waals surface area contributed by atoms with E-state index in [2.05, 4.69) is 5.32 Å². The maximum absolute atomic E-state index is 12.8. The van der Waals surface area contributed by atoms with Gasteiger partial charge >= 0.3 is 0 Å². The average molecular weight is 491 g/mol. The summed E-state index contributed by atoms with van der Waals surface area (Å²) in [6.07, 6.45) is 4.50. The number of aromatic nitrogens is 2. The number of nitrogens with zero attached hydrogens (tertiary/aromatic N) is 3. The molecule has 0 bridgehead atoms. The smallest absolute Gasteiger partial charge is 0.262 e. The first-order chi connectivity index (χ1) is 16.9. The van der Waals surface area contributed by atoms with Crippen LogP contribution in [0, 0.1) is 11.3 Å². The molecule has 1 N–H and O–H groups in total. The van der Waals surface area contributed by atoms with Crippen LogP contribution in [0.1, 0.15) is 25.3 Å². The molecule has 0 unspecified atom stereocenters. The number of amides is 1. The van der Waals surface area contributed by atoms with E-state index in [1.54, 1.807) is 10.9 Å². The zero-order chi connectivity index (χ0) is 24.8. The summed E-state index contributed by atoms with van der Waals surface area (Å²) in [7, 11) is -3.15. The molecule has 8 nitrogen and oxygen atoms in total. The topological polar surface area (TPSA) is 114 Å². The van der Waals surface area contributed by atoms with Crippen LogP contribution < -0.4 is 10.1 Å². The van der Waals surface area contributed by atoms with Gasteiger partial charge in [0.1, 0.15) is 17.4 Å². The summed E-state index contributed by atoms with van der Waals surface area (Å²) in [5.74, 6) is 0.0754. The van der Waals surface area contributed by atoms with Crippen molar-refractivity contribution >= 4 is 21.8 Å². The molecule has 1 aliphatic heterocycles. The molecule has 1 aliphatic rings. The fourth-order valence-electron chi connectivity index (χ4n) is 3.84. The summed E-state index contributed by atoms with van der Waals surface area (Å²) in [6, 6.07) is 18.5. The Morgan fingerprint density at radius 3 is 2.60 bits per heavy atom. The van der Waals surface area contributed by atoms with Gasteiger partial charge in [-0.2, -0.15) is 10.4 Å². The van der Waals surface area contributed by atoms with Gasteiger partial charge in [0.25, 0.3) is 5.91 Å². The first-order valence-corrected chi connectivity index (χ1v) is 13.2. The number of carbonyl (C=O) groups is 1. The summed E-state index contributed by atoms with van der Waals surface area (Å²) in [6.45, 7) is 2.66. The molecule has 0 saturated carbocycles. The molecule has 1 fully saturated rings. The fraction of sp³-hybridized carbons (Fsp3) is 0.269. The Bertz CT molecular complexity index is 1370. The highest BCUT2D eigenvalue weighted by molar-refractivity contribution is 7.91. The second-order valence-electron chi connectivity index (χ2n) is 8.33. The van der Waals surface area contributed by atoms with Crippen molar-refractivity contribution < 1.29 is 17.9 Å². The van der Waals surface area contributed by atoms with Gasteiger partial charge in [-0.25, -0.2) is 13.1 Å². The van der Waals surface area contributed by atoms with Crippen molar-refractivity contribution in [2.75, 3.05) is 18.1 Å². The molecular weight excluding hydrogens is 464 g/mol. The predicted octanol–water partition coefficient (Wildman–Crippen LogP) is 3.54. The minimum Gasteiger partial charge on any atom is -0.494 e. The van der Waals surface area contributed by atoms with Gasteiger partial charge in [-0.05, 0) is 55.3 Å². The Kier molecular flexibility index (Phi) is 7.32. The lowest BCUT2D eigenvalue weighted by molar-refractivity contribution is -0.117. The van der Waals surface area contributed by atoms with Gasteiger partial charge in [0.15, 0.2) is 9.84 Å². The van der Waals surface area contributed by atoms with E-state index in [4.69, 9.17) is 9.84 Å². The number of hydrogen-bond donors (Lipinski definition) is 1. The zero-order valence-electron chi connectivity index (χ0n) is 19.3. The van der Waals surface area contributed by atoms with Crippen LogP contribution in [-0.4, -0.2) is 48.3 Å². The number of benzene rings is 2. The summed E-state index contributed by atoms with van der Waals surface area (Å²) < 4.78 is 30.8. The SMILES string of the molecule is CCCOc1ccc(-c2nn(-c3ccccc3)cc2/C=C(/C#N)C(=O)N[C@@H]2CCS(=O)(=O)C2)cc1. The Morgan fingerprint density at radius 1 is 1.23 bits per heavy atom. The van der Waals surface area contributed by atoms with E-state index in [1.165, 1.54) is 6.08 Å². The summed E-state index contributed by atoms with van der Waals surface area (Å²) in [5.41, 5.74) is 2.69. The normalized spacial score (nSPS) is 17.0. The van der Waals surface area contributed by atoms with E-state index in [9.17, 15) is 18.5 Å². The minimum absolute atomic E-state index is 0.0372. The van der Waals surface area contributed by atoms with Crippen LogP contribution in [0.3, 0.4) is 0 Å². The first kappa shape index (κ1) is 24.2. The highest BCUT2D eigenvalue weighted by Gasteiger charge is 2.29. The van der Waals surface area contributed by atoms with Gasteiger partial charge in [0.05, 0.1) is 29.5 Å². The molecule has 2 aromatic carbocycles. The Balaban J connectivity index is 1.68. The fourth-order valence-corrected chi connectivity index (χ4v) is 5.51. The van der Waals surface area contributed by atoms with Gasteiger partial charge in [0.2, 0.25) is 0 Å². The Labute approximate surface area is 204 Å². The Morgan fingerprint density at radius 2 is 1.97 bits per heavy atom. The maximum atomic E-state index is 12.8. The van der Waals surface area contributed by atoms with Crippen LogP contribution in [0.25, 0.3) is 23.0 Å². The highest BCUT2D eigenvalue weighted by atomic mass is 32.2. The van der Waals surface area contributed by atoms with E-state index in [0.29, 0.717) is 24.3 Å². The van der Waals surface area contributed by atoms with Gasteiger partial charge < -0.3 is 10.1 Å². The van der Waals surface area contributed by atoms with E-state index in [1.807, 2.05) is 67.6 Å². The van der Waals surface area contributed by atoms with Gasteiger partial charge in [0, 0.05) is 23.4 Å². The van der Waals surface area contributed by atoms with Gasteiger partial charge in [-0.3, -0.25) is 4.79 Å². The lowest BCUT2D eigenvalue weighted by Crippen LogP contribution is -2.36. The van der Waals surface area contributed by atoms with Crippen LogP contribution in [0.4, 0.5) is 0 Å². The van der Waals surface area contributed by atoms with E-state index in [-0.39, 0.29) is 17.1 Å². The standard InChI is InChI=1S/C26H26N4O4S/c1-2-13-34-24-10-8-19(9-11-24)25-21(17-30(29-25)23-6-4-3-5-7-23)15-20(16-27)26(31)28-22-12-14-35(32,33)18-22/h3-11,15,17,22H,2,12-14,18H2,1H3,(H,28,31)/b20-15-/t22-/m1/s1. The summed E-state index contributed by atoms with van der Waals surface area (Å²) >= 11 is 0. The van der Waals surface area contributed by atoms with Crippen molar-refractivity contribution in [1.82, 2.24) is 15.1 Å². The quantitative estimate of drug-likeness (QED) is 0.382. The third-order valence-corrected chi connectivity index (χ3v) is 7.36. The largest absolute Gasteiger partial charge is 0.494 e. The number of sulfone groups is 1. The van der Waals surface area contributed by atoms with Gasteiger partial charge in [-0.15, -0.1) is 0 Å². The van der Waals surface area contributed by atoms with Crippen LogP contribution in [-0.2, 0) is 14.6 Å². The molecule has 1 amide bonds. The predicted molar refractivity (Wildman–Crippen MR) is 134 cm³/mol. The molecule has 4 rings (SSSR count). The van der Waals surface area contributed by atoms with Crippen LogP contribution in [0.5, 0.6) is 5.75 Å². The van der Waals surface area contributed by atoms with Gasteiger partial charge in [-0.1, -0.05) is 25.1 Å². The molecule has 2 heterocycles. The Hall–Kier alpha value is -3.90. The molecule has 1 saturated heterocycles. The molecule has 1 aromatic heterocycles. The van der Waals surface area contributed by atoms with Crippen molar-refractivity contribution in [1.29, 1.82) is 5.26 Å². The highest BCUT2D eigenvalue weighted by Crippen LogP contribution is 2.28. The first-order valence-electron chi connectivity index (χ1n) is 11.4. The molecule has 35 heavy (non-hydrogen) atoms. The molecule has 0 aliphatic carbocycles. The van der Waals surface area contributed by atoms with E-state index < -0.39 is 21.8 Å². The molecule has 1 atom stereocenters. The number of hydrogen-bond acceptors (Lipinski definition) is 6. The van der Waals surface area contributed by atoms with Crippen molar-refractivity contribution in [3.8, 4) is 28.8 Å². The molecule has 180 valence electrons. The molecule has 3 aromatic rings. The lowest BCUT2D eigenvalue weighted by Gasteiger charge is -2.10. The molecule has 9 heteroatoms. The lowest BCUT2D eigenvalue weighted by atomic mass is 10.1. The third-order valence-electron chi connectivity index (χ3n) is 5.60. The summed E-state index contributed by atoms with van der Waals surface area (Å²) in [5, 5.41) is 17.1. The number of nitriles is 1. The van der Waals surface area contributed by atoms with Crippen molar-refractivity contribution in [3.63, 3.8) is 0 Å². The summed E-state index contributed by atoms with van der Waals surface area (Å²) in [4.78, 5) is 12.8. The van der Waals surface area contributed by atoms with E-state index in [0.717, 1.165) is 23.4 Å². The second-order valence-corrected chi connectivity index (χ2v) is 10.6. The number of rotatable bonds is 8. The second kappa shape index (κ2) is 10.6. The number of nitrogens with one attached hydrogen (secondary N) is 1. The van der Waals surface area contributed by atoms with Crippen molar-refractivity contribution in [2.24, 2.45) is 0 Å². The van der Waals surface area contributed by atoms with Crippen LogP contribution in [0.15, 0.2) is 66.4 Å². The van der Waals surface area contributed by atoms with Crippen molar-refractivity contribution in [2.45, 2.75) is 25.8 Å². The number of para-hydroxylation sites is 1. The van der Waals surface area contributed by atoms with Crippen molar-refractivity contribution in [3.05, 3.63) is 71.9 Å². The molecular formula is C26H26N4O4S. The number of carbonyl (C=O) groups excluding carboxylic acids is 1. The maximum Gasteiger partial charge on any atom is 0.262 e. The minimum atomic E-state index is -3.15. The zero-order valence-corrected chi connectivity index (χ0v) is 20.2. The number of ether oxygens (including phenoxy) is 1. The van der Waals surface area contributed by atoms with Crippen LogP contribution in [0.2, 0.25) is 0 Å².